The molecule has 2 N–H and O–H groups in total. The van der Waals surface area contributed by atoms with Crippen LogP contribution in [0.5, 0.6) is 0 Å². The summed E-state index contributed by atoms with van der Waals surface area (Å²) in [6, 6.07) is 0.412. The second-order valence-corrected chi connectivity index (χ2v) is 6.81. The van der Waals surface area contributed by atoms with E-state index in [1.807, 2.05) is 0 Å². The maximum atomic E-state index is 12.2. The Hall–Kier alpha value is -0.570. The van der Waals surface area contributed by atoms with Gasteiger partial charge >= 0.3 is 0 Å². The van der Waals surface area contributed by atoms with Gasteiger partial charge in [-0.1, -0.05) is 20.8 Å². The molecule has 1 aliphatic carbocycles. The summed E-state index contributed by atoms with van der Waals surface area (Å²) in [7, 11) is 0. The Morgan fingerprint density at radius 1 is 1.35 bits per heavy atom. The molecule has 17 heavy (non-hydrogen) atoms. The number of rotatable bonds is 2. The van der Waals surface area contributed by atoms with Gasteiger partial charge in [0.1, 0.15) is 0 Å². The Morgan fingerprint density at radius 3 is 2.71 bits per heavy atom. The Bertz CT molecular complexity index is 288. The lowest BCUT2D eigenvalue weighted by Crippen LogP contribution is -2.46. The minimum atomic E-state index is 0.183. The summed E-state index contributed by atoms with van der Waals surface area (Å²) in [4.78, 5) is 12.2. The normalized spacial score (nSPS) is 36.8. The lowest BCUT2D eigenvalue weighted by Gasteiger charge is -2.28. The number of hydrogen-bond acceptors (Lipinski definition) is 2. The Morgan fingerprint density at radius 2 is 2.12 bits per heavy atom. The molecule has 1 aliphatic heterocycles. The summed E-state index contributed by atoms with van der Waals surface area (Å²) in [5, 5.41) is 6.59. The van der Waals surface area contributed by atoms with Crippen molar-refractivity contribution in [2.45, 2.75) is 52.5 Å². The third-order valence-corrected chi connectivity index (χ3v) is 4.26. The Balaban J connectivity index is 1.81. The fourth-order valence-corrected chi connectivity index (χ4v) is 3.23. The molecule has 1 saturated heterocycles. The molecular weight excluding hydrogens is 212 g/mol. The fourth-order valence-electron chi connectivity index (χ4n) is 3.23. The van der Waals surface area contributed by atoms with E-state index in [4.69, 9.17) is 0 Å². The summed E-state index contributed by atoms with van der Waals surface area (Å²) in [6.45, 7) is 8.71. The van der Waals surface area contributed by atoms with Crippen molar-refractivity contribution < 1.29 is 4.79 Å². The molecule has 0 bridgehead atoms. The number of carbonyl (C=O) groups is 1. The average molecular weight is 238 g/mol. The van der Waals surface area contributed by atoms with Gasteiger partial charge in [-0.2, -0.15) is 0 Å². The minimum absolute atomic E-state index is 0.183. The standard InChI is InChI=1S/C14H26N2O/c1-10-6-11(9-15-8-10)13(17)16-12-4-5-14(2,3)7-12/h10-12,15H,4-9H2,1-3H3,(H,16,17). The zero-order valence-electron chi connectivity index (χ0n) is 11.4. The van der Waals surface area contributed by atoms with Crippen LogP contribution in [0.3, 0.4) is 0 Å². The van der Waals surface area contributed by atoms with Crippen molar-refractivity contribution in [2.75, 3.05) is 13.1 Å². The lowest BCUT2D eigenvalue weighted by atomic mass is 9.90. The summed E-state index contributed by atoms with van der Waals surface area (Å²) in [5.74, 6) is 1.08. The maximum absolute atomic E-state index is 12.2. The van der Waals surface area contributed by atoms with E-state index in [1.54, 1.807) is 0 Å². The van der Waals surface area contributed by atoms with Gasteiger partial charge in [0.15, 0.2) is 0 Å². The van der Waals surface area contributed by atoms with Crippen LogP contribution in [0.1, 0.15) is 46.5 Å². The molecule has 3 heteroatoms. The number of hydrogen-bond donors (Lipinski definition) is 2. The highest BCUT2D eigenvalue weighted by atomic mass is 16.2. The van der Waals surface area contributed by atoms with Gasteiger partial charge < -0.3 is 10.6 Å². The van der Waals surface area contributed by atoms with Gasteiger partial charge in [0.2, 0.25) is 5.91 Å². The number of carbonyl (C=O) groups excluding carboxylic acids is 1. The highest BCUT2D eigenvalue weighted by molar-refractivity contribution is 5.79. The summed E-state index contributed by atoms with van der Waals surface area (Å²) in [5.41, 5.74) is 0.413. The molecule has 3 nitrogen and oxygen atoms in total. The van der Waals surface area contributed by atoms with Gasteiger partial charge in [0, 0.05) is 12.6 Å². The van der Waals surface area contributed by atoms with Crippen molar-refractivity contribution in [3.05, 3.63) is 0 Å². The van der Waals surface area contributed by atoms with Crippen LogP contribution in [0, 0.1) is 17.3 Å². The molecule has 1 heterocycles. The predicted molar refractivity (Wildman–Crippen MR) is 69.7 cm³/mol. The molecule has 1 saturated carbocycles. The molecule has 0 spiro atoms. The number of nitrogens with one attached hydrogen (secondary N) is 2. The second-order valence-electron chi connectivity index (χ2n) is 6.81. The van der Waals surface area contributed by atoms with E-state index >= 15 is 0 Å². The van der Waals surface area contributed by atoms with E-state index < -0.39 is 0 Å². The van der Waals surface area contributed by atoms with E-state index in [-0.39, 0.29) is 11.8 Å². The van der Waals surface area contributed by atoms with E-state index in [9.17, 15) is 4.79 Å². The number of piperidine rings is 1. The maximum Gasteiger partial charge on any atom is 0.224 e. The molecule has 0 aromatic heterocycles. The van der Waals surface area contributed by atoms with Crippen LogP contribution >= 0.6 is 0 Å². The third-order valence-electron chi connectivity index (χ3n) is 4.26. The quantitative estimate of drug-likeness (QED) is 0.772. The molecule has 2 rings (SSSR count). The van der Waals surface area contributed by atoms with Crippen LogP contribution in [0.25, 0.3) is 0 Å². The highest BCUT2D eigenvalue weighted by Gasteiger charge is 2.33. The Labute approximate surface area is 105 Å². The van der Waals surface area contributed by atoms with Crippen molar-refractivity contribution in [2.24, 2.45) is 17.3 Å². The van der Waals surface area contributed by atoms with Crippen LogP contribution in [-0.4, -0.2) is 25.0 Å². The van der Waals surface area contributed by atoms with Crippen molar-refractivity contribution in [3.8, 4) is 0 Å². The van der Waals surface area contributed by atoms with Crippen molar-refractivity contribution in [3.63, 3.8) is 0 Å². The van der Waals surface area contributed by atoms with E-state index in [1.165, 1.54) is 6.42 Å². The third kappa shape index (κ3) is 3.44. The van der Waals surface area contributed by atoms with Crippen molar-refractivity contribution >= 4 is 5.91 Å². The smallest absolute Gasteiger partial charge is 0.224 e. The fraction of sp³-hybridized carbons (Fsp3) is 0.929. The van der Waals surface area contributed by atoms with Gasteiger partial charge in [0.05, 0.1) is 5.92 Å². The van der Waals surface area contributed by atoms with Crippen molar-refractivity contribution in [1.29, 1.82) is 0 Å². The largest absolute Gasteiger partial charge is 0.353 e. The zero-order valence-corrected chi connectivity index (χ0v) is 11.4. The lowest BCUT2D eigenvalue weighted by molar-refractivity contribution is -0.126. The molecule has 0 radical (unpaired) electrons. The second kappa shape index (κ2) is 4.97. The van der Waals surface area contributed by atoms with Crippen molar-refractivity contribution in [1.82, 2.24) is 10.6 Å². The van der Waals surface area contributed by atoms with Gasteiger partial charge in [-0.15, -0.1) is 0 Å². The summed E-state index contributed by atoms with van der Waals surface area (Å²) in [6.07, 6.45) is 4.55. The molecule has 0 aromatic rings. The Kier molecular flexibility index (Phi) is 3.76. The first-order chi connectivity index (χ1) is 7.96. The molecule has 1 amide bonds. The first kappa shape index (κ1) is 12.9. The van der Waals surface area contributed by atoms with Gasteiger partial charge in [-0.3, -0.25) is 4.79 Å². The molecule has 2 aliphatic rings. The predicted octanol–water partition coefficient (Wildman–Crippen LogP) is 1.93. The molecular formula is C14H26N2O. The van der Waals surface area contributed by atoms with E-state index in [0.717, 1.165) is 32.4 Å². The number of amides is 1. The monoisotopic (exact) mass is 238 g/mol. The summed E-state index contributed by atoms with van der Waals surface area (Å²) < 4.78 is 0. The summed E-state index contributed by atoms with van der Waals surface area (Å²) >= 11 is 0. The molecule has 3 atom stereocenters. The zero-order chi connectivity index (χ0) is 12.5. The first-order valence-electron chi connectivity index (χ1n) is 6.97. The molecule has 3 unspecified atom stereocenters. The average Bonchev–Trinajstić information content (AvgIpc) is 2.58. The molecule has 2 fully saturated rings. The van der Waals surface area contributed by atoms with Gasteiger partial charge in [-0.25, -0.2) is 0 Å². The van der Waals surface area contributed by atoms with Crippen LogP contribution < -0.4 is 10.6 Å². The van der Waals surface area contributed by atoms with Gasteiger partial charge in [0.25, 0.3) is 0 Å². The highest BCUT2D eigenvalue weighted by Crippen LogP contribution is 2.37. The van der Waals surface area contributed by atoms with Gasteiger partial charge in [-0.05, 0) is 43.6 Å². The van der Waals surface area contributed by atoms with E-state index in [0.29, 0.717) is 17.4 Å². The van der Waals surface area contributed by atoms with Crippen LogP contribution in [-0.2, 0) is 4.79 Å². The van der Waals surface area contributed by atoms with E-state index in [2.05, 4.69) is 31.4 Å². The minimum Gasteiger partial charge on any atom is -0.353 e. The topological polar surface area (TPSA) is 41.1 Å². The molecule has 98 valence electrons. The van der Waals surface area contributed by atoms with Crippen LogP contribution in [0.2, 0.25) is 0 Å². The first-order valence-corrected chi connectivity index (χ1v) is 6.97. The SMILES string of the molecule is CC1CNCC(C(=O)NC2CCC(C)(C)C2)C1. The van der Waals surface area contributed by atoms with Crippen LogP contribution in [0.15, 0.2) is 0 Å². The molecule has 0 aromatic carbocycles. The van der Waals surface area contributed by atoms with Crippen LogP contribution in [0.4, 0.5) is 0 Å².